The number of rotatable bonds is 3. The molecule has 0 unspecified atom stereocenters. The monoisotopic (exact) mass is 342 g/mol. The highest BCUT2D eigenvalue weighted by molar-refractivity contribution is 7.98. The lowest BCUT2D eigenvalue weighted by atomic mass is 10.1. The van der Waals surface area contributed by atoms with Gasteiger partial charge in [0.25, 0.3) is 11.8 Å². The van der Waals surface area contributed by atoms with Crippen molar-refractivity contribution < 1.29 is 14.3 Å². The van der Waals surface area contributed by atoms with E-state index in [9.17, 15) is 9.59 Å². The van der Waals surface area contributed by atoms with Crippen molar-refractivity contribution in [2.45, 2.75) is 17.9 Å². The summed E-state index contributed by atoms with van der Waals surface area (Å²) in [5.74, 6) is 0.0176. The van der Waals surface area contributed by atoms with E-state index in [0.29, 0.717) is 17.0 Å². The summed E-state index contributed by atoms with van der Waals surface area (Å²) in [5.41, 5.74) is 1.75. The van der Waals surface area contributed by atoms with Crippen molar-refractivity contribution in [2.24, 2.45) is 0 Å². The first kappa shape index (κ1) is 16.4. The first-order valence-corrected chi connectivity index (χ1v) is 8.76. The number of hydrogen-bond acceptors (Lipinski definition) is 4. The molecule has 5 nitrogen and oxygen atoms in total. The lowest BCUT2D eigenvalue weighted by Crippen LogP contribution is -2.36. The lowest BCUT2D eigenvalue weighted by molar-refractivity contribution is -0.122. The quantitative estimate of drug-likeness (QED) is 0.869. The van der Waals surface area contributed by atoms with E-state index >= 15 is 0 Å². The van der Waals surface area contributed by atoms with Crippen molar-refractivity contribution in [1.82, 2.24) is 0 Å². The van der Waals surface area contributed by atoms with E-state index in [4.69, 9.17) is 4.74 Å². The maximum Gasteiger partial charge on any atom is 0.265 e. The van der Waals surface area contributed by atoms with Crippen LogP contribution in [-0.4, -0.2) is 31.2 Å². The molecule has 1 aliphatic rings. The second-order valence-electron chi connectivity index (χ2n) is 5.50. The number of anilines is 2. The largest absolute Gasteiger partial charge is 0.478 e. The zero-order valence-corrected chi connectivity index (χ0v) is 14.5. The molecule has 0 fully saturated rings. The fourth-order valence-electron chi connectivity index (χ4n) is 2.51. The van der Waals surface area contributed by atoms with E-state index in [0.717, 1.165) is 10.6 Å². The predicted octanol–water partition coefficient (Wildman–Crippen LogP) is 3.40. The Morgan fingerprint density at radius 3 is 2.75 bits per heavy atom. The number of ether oxygens (including phenoxy) is 1. The Morgan fingerprint density at radius 1 is 1.25 bits per heavy atom. The van der Waals surface area contributed by atoms with Gasteiger partial charge in [0.1, 0.15) is 0 Å². The van der Waals surface area contributed by atoms with Gasteiger partial charge in [-0.15, -0.1) is 11.8 Å². The Balaban J connectivity index is 1.96. The van der Waals surface area contributed by atoms with E-state index < -0.39 is 6.10 Å². The van der Waals surface area contributed by atoms with Crippen molar-refractivity contribution in [1.29, 1.82) is 0 Å². The summed E-state index contributed by atoms with van der Waals surface area (Å²) >= 11 is 1.62. The minimum Gasteiger partial charge on any atom is -0.478 e. The van der Waals surface area contributed by atoms with Gasteiger partial charge in [-0.05, 0) is 43.5 Å². The number of nitrogens with one attached hydrogen (secondary N) is 1. The number of nitrogens with zero attached hydrogens (tertiary/aromatic N) is 1. The Hall–Kier alpha value is -2.47. The van der Waals surface area contributed by atoms with E-state index in [1.807, 2.05) is 30.5 Å². The summed E-state index contributed by atoms with van der Waals surface area (Å²) in [6, 6.07) is 12.9. The summed E-state index contributed by atoms with van der Waals surface area (Å²) in [7, 11) is 1.73. The van der Waals surface area contributed by atoms with Crippen molar-refractivity contribution in [3.63, 3.8) is 0 Å². The summed E-state index contributed by atoms with van der Waals surface area (Å²) in [6.07, 6.45) is 1.36. The van der Waals surface area contributed by atoms with Crippen molar-refractivity contribution >= 4 is 35.0 Å². The fraction of sp³-hybridized carbons (Fsp3) is 0.222. The van der Waals surface area contributed by atoms with Crippen molar-refractivity contribution in [3.8, 4) is 5.75 Å². The van der Waals surface area contributed by atoms with Gasteiger partial charge < -0.3 is 15.0 Å². The molecule has 0 spiro atoms. The summed E-state index contributed by atoms with van der Waals surface area (Å²) in [5, 5.41) is 2.76. The first-order chi connectivity index (χ1) is 11.5. The van der Waals surface area contributed by atoms with Crippen LogP contribution in [0.15, 0.2) is 47.4 Å². The van der Waals surface area contributed by atoms with Gasteiger partial charge in [0.05, 0.1) is 11.3 Å². The highest BCUT2D eigenvalue weighted by atomic mass is 32.2. The molecule has 0 saturated heterocycles. The molecule has 2 aromatic rings. The van der Waals surface area contributed by atoms with E-state index in [1.54, 1.807) is 48.8 Å². The molecule has 0 aromatic heterocycles. The molecule has 0 aliphatic carbocycles. The molecule has 2 aromatic carbocycles. The van der Waals surface area contributed by atoms with Gasteiger partial charge in [-0.25, -0.2) is 0 Å². The number of benzene rings is 2. The number of fused-ring (bicyclic) bond motifs is 1. The molecule has 1 heterocycles. The Labute approximate surface area is 145 Å². The van der Waals surface area contributed by atoms with E-state index in [2.05, 4.69) is 5.32 Å². The molecular formula is C18H18N2O3S. The molecular weight excluding hydrogens is 324 g/mol. The minimum atomic E-state index is -0.628. The topological polar surface area (TPSA) is 58.6 Å². The zero-order chi connectivity index (χ0) is 17.3. The van der Waals surface area contributed by atoms with Crippen LogP contribution in [0.4, 0.5) is 11.4 Å². The SMILES string of the molecule is CSc1cccc(N(C)C(=O)c2cccc3c2O[C@H](C)C(=O)N3)c1. The van der Waals surface area contributed by atoms with Crippen molar-refractivity contribution in [2.75, 3.05) is 23.5 Å². The molecule has 1 atom stereocenters. The molecule has 0 bridgehead atoms. The third-order valence-electron chi connectivity index (χ3n) is 3.91. The molecule has 1 N–H and O–H groups in total. The normalized spacial score (nSPS) is 16.0. The zero-order valence-electron chi connectivity index (χ0n) is 13.7. The number of amides is 2. The number of thioether (sulfide) groups is 1. The van der Waals surface area contributed by atoms with Gasteiger partial charge >= 0.3 is 0 Å². The summed E-state index contributed by atoms with van der Waals surface area (Å²) in [4.78, 5) is 27.3. The molecule has 6 heteroatoms. The molecule has 24 heavy (non-hydrogen) atoms. The van der Waals surface area contributed by atoms with Crippen LogP contribution in [0.25, 0.3) is 0 Å². The Morgan fingerprint density at radius 2 is 2.00 bits per heavy atom. The standard InChI is InChI=1S/C18H18N2O3S/c1-11-17(21)19-15-9-5-8-14(16(15)23-11)18(22)20(2)12-6-4-7-13(10-12)24-3/h4-11H,1-3H3,(H,19,21)/t11-/m1/s1. The van der Waals surface area contributed by atoms with Crippen LogP contribution in [0.5, 0.6) is 5.75 Å². The van der Waals surface area contributed by atoms with Crippen LogP contribution >= 0.6 is 11.8 Å². The molecule has 0 saturated carbocycles. The number of hydrogen-bond donors (Lipinski definition) is 1. The summed E-state index contributed by atoms with van der Waals surface area (Å²) in [6.45, 7) is 1.66. The van der Waals surface area contributed by atoms with Crippen LogP contribution in [0.3, 0.4) is 0 Å². The van der Waals surface area contributed by atoms with Gasteiger partial charge in [-0.2, -0.15) is 0 Å². The van der Waals surface area contributed by atoms with Gasteiger partial charge in [0.15, 0.2) is 11.9 Å². The predicted molar refractivity (Wildman–Crippen MR) is 96.1 cm³/mol. The Bertz CT molecular complexity index is 807. The second kappa shape index (κ2) is 6.57. The number of carbonyl (C=O) groups is 2. The van der Waals surface area contributed by atoms with Gasteiger partial charge in [-0.3, -0.25) is 9.59 Å². The number of para-hydroxylation sites is 1. The number of carbonyl (C=O) groups excluding carboxylic acids is 2. The smallest absolute Gasteiger partial charge is 0.265 e. The van der Waals surface area contributed by atoms with Gasteiger partial charge in [0.2, 0.25) is 0 Å². The van der Waals surface area contributed by atoms with Crippen LogP contribution in [0.1, 0.15) is 17.3 Å². The van der Waals surface area contributed by atoms with Crippen molar-refractivity contribution in [3.05, 3.63) is 48.0 Å². The maximum absolute atomic E-state index is 12.9. The van der Waals surface area contributed by atoms with Crippen LogP contribution < -0.4 is 15.0 Å². The maximum atomic E-state index is 12.9. The molecule has 124 valence electrons. The molecule has 0 radical (unpaired) electrons. The third-order valence-corrected chi connectivity index (χ3v) is 4.64. The molecule has 2 amide bonds. The van der Waals surface area contributed by atoms with E-state index in [-0.39, 0.29) is 11.8 Å². The fourth-order valence-corrected chi connectivity index (χ4v) is 2.97. The average molecular weight is 342 g/mol. The Kier molecular flexibility index (Phi) is 4.49. The first-order valence-electron chi connectivity index (χ1n) is 7.54. The van der Waals surface area contributed by atoms with Crippen LogP contribution in [-0.2, 0) is 4.79 Å². The van der Waals surface area contributed by atoms with E-state index in [1.165, 1.54) is 0 Å². The van der Waals surface area contributed by atoms with Crippen LogP contribution in [0.2, 0.25) is 0 Å². The molecule has 1 aliphatic heterocycles. The average Bonchev–Trinajstić information content (AvgIpc) is 2.61. The van der Waals surface area contributed by atoms with Crippen LogP contribution in [0, 0.1) is 0 Å². The van der Waals surface area contributed by atoms with Gasteiger partial charge in [-0.1, -0.05) is 12.1 Å². The highest BCUT2D eigenvalue weighted by Gasteiger charge is 2.28. The second-order valence-corrected chi connectivity index (χ2v) is 6.38. The highest BCUT2D eigenvalue weighted by Crippen LogP contribution is 2.34. The summed E-state index contributed by atoms with van der Waals surface area (Å²) < 4.78 is 5.66. The molecule has 3 rings (SSSR count). The lowest BCUT2D eigenvalue weighted by Gasteiger charge is -2.26. The third kappa shape index (κ3) is 2.97. The van der Waals surface area contributed by atoms with Gasteiger partial charge in [0, 0.05) is 17.6 Å². The minimum absolute atomic E-state index is 0.187.